The molecule has 2 rings (SSSR count). The maximum Gasteiger partial charge on any atom is 0.322 e. The fourth-order valence-electron chi connectivity index (χ4n) is 1.56. The van der Waals surface area contributed by atoms with Gasteiger partial charge in [0, 0.05) is 29.5 Å². The quantitative estimate of drug-likeness (QED) is 0.918. The van der Waals surface area contributed by atoms with Crippen LogP contribution in [0.1, 0.15) is 11.8 Å². The Morgan fingerprint density at radius 3 is 2.78 bits per heavy atom. The average molecular weight is 261 g/mol. The zero-order valence-corrected chi connectivity index (χ0v) is 11.0. The molecule has 0 aliphatic heterocycles. The minimum absolute atomic E-state index is 0.0860. The third-order valence-electron chi connectivity index (χ3n) is 2.53. The molecular weight excluding hydrogens is 246 g/mol. The van der Waals surface area contributed by atoms with Crippen molar-refractivity contribution in [2.45, 2.75) is 13.5 Å². The number of urea groups is 1. The highest BCUT2D eigenvalue weighted by Crippen LogP contribution is 2.13. The number of hydrogen-bond donors (Lipinski definition) is 1. The number of hydrogen-bond acceptors (Lipinski definition) is 3. The number of aromatic nitrogens is 1. The Kier molecular flexibility index (Phi) is 4.30. The van der Waals surface area contributed by atoms with Crippen molar-refractivity contribution in [3.63, 3.8) is 0 Å². The Morgan fingerprint density at radius 1 is 1.39 bits per heavy atom. The molecule has 0 fully saturated rings. The number of rotatable bonds is 4. The van der Waals surface area contributed by atoms with Gasteiger partial charge in [-0.1, -0.05) is 6.07 Å². The predicted octanol–water partition coefficient (Wildman–Crippen LogP) is 3.20. The molecule has 0 aromatic carbocycles. The number of thiophene rings is 1. The molecule has 2 heterocycles. The monoisotopic (exact) mass is 261 g/mol. The van der Waals surface area contributed by atoms with Crippen LogP contribution in [0, 0.1) is 0 Å². The van der Waals surface area contributed by atoms with Crippen LogP contribution in [0.15, 0.2) is 42.0 Å². The lowest BCUT2D eigenvalue weighted by Crippen LogP contribution is -2.34. The average Bonchev–Trinajstić information content (AvgIpc) is 2.90. The Labute approximate surface area is 110 Å². The summed E-state index contributed by atoms with van der Waals surface area (Å²) in [5.41, 5.74) is 0.764. The van der Waals surface area contributed by atoms with Crippen molar-refractivity contribution in [1.29, 1.82) is 0 Å². The highest BCUT2D eigenvalue weighted by Gasteiger charge is 2.12. The van der Waals surface area contributed by atoms with Crippen molar-refractivity contribution in [2.24, 2.45) is 0 Å². The second kappa shape index (κ2) is 6.16. The lowest BCUT2D eigenvalue weighted by Gasteiger charge is -2.20. The molecule has 0 spiro atoms. The van der Waals surface area contributed by atoms with E-state index in [0.29, 0.717) is 13.1 Å². The molecule has 0 radical (unpaired) electrons. The number of carbonyl (C=O) groups is 1. The van der Waals surface area contributed by atoms with Crippen LogP contribution in [0.5, 0.6) is 0 Å². The zero-order chi connectivity index (χ0) is 12.8. The number of nitrogens with one attached hydrogen (secondary N) is 1. The molecule has 2 aromatic heterocycles. The van der Waals surface area contributed by atoms with E-state index in [1.807, 2.05) is 24.4 Å². The molecule has 0 aliphatic rings. The predicted molar refractivity (Wildman–Crippen MR) is 73.7 cm³/mol. The summed E-state index contributed by atoms with van der Waals surface area (Å²) in [7, 11) is 0. The summed E-state index contributed by atoms with van der Waals surface area (Å²) < 4.78 is 0. The van der Waals surface area contributed by atoms with Crippen LogP contribution in [0.25, 0.3) is 0 Å². The first-order valence-electron chi connectivity index (χ1n) is 5.78. The van der Waals surface area contributed by atoms with Gasteiger partial charge in [-0.25, -0.2) is 4.79 Å². The van der Waals surface area contributed by atoms with Crippen molar-refractivity contribution >= 4 is 23.1 Å². The normalized spacial score (nSPS) is 10.1. The van der Waals surface area contributed by atoms with E-state index in [2.05, 4.69) is 10.3 Å². The summed E-state index contributed by atoms with van der Waals surface area (Å²) in [6, 6.07) is 7.49. The van der Waals surface area contributed by atoms with Gasteiger partial charge in [-0.15, -0.1) is 11.3 Å². The minimum Gasteiger partial charge on any atom is -0.320 e. The van der Waals surface area contributed by atoms with Gasteiger partial charge in [0.05, 0.1) is 6.54 Å². The Hall–Kier alpha value is -1.88. The van der Waals surface area contributed by atoms with Gasteiger partial charge in [0.1, 0.15) is 0 Å². The molecule has 2 aromatic rings. The van der Waals surface area contributed by atoms with Crippen molar-refractivity contribution in [1.82, 2.24) is 9.88 Å². The molecule has 0 saturated heterocycles. The molecule has 5 heteroatoms. The number of anilines is 1. The van der Waals surface area contributed by atoms with Gasteiger partial charge in [-0.05, 0) is 30.5 Å². The summed E-state index contributed by atoms with van der Waals surface area (Å²) in [6.07, 6.45) is 3.32. The van der Waals surface area contributed by atoms with Crippen LogP contribution in [0.4, 0.5) is 10.5 Å². The van der Waals surface area contributed by atoms with E-state index in [9.17, 15) is 4.79 Å². The smallest absolute Gasteiger partial charge is 0.320 e. The SMILES string of the molecule is CCN(Cc1cccs1)C(=O)Nc1ccncc1. The van der Waals surface area contributed by atoms with E-state index >= 15 is 0 Å². The van der Waals surface area contributed by atoms with Crippen molar-refractivity contribution in [2.75, 3.05) is 11.9 Å². The van der Waals surface area contributed by atoms with Gasteiger partial charge in [-0.3, -0.25) is 4.98 Å². The maximum absolute atomic E-state index is 12.1. The standard InChI is InChI=1S/C13H15N3OS/c1-2-16(10-12-4-3-9-18-12)13(17)15-11-5-7-14-8-6-11/h3-9H,2,10H2,1H3,(H,14,15,17). The van der Waals surface area contributed by atoms with E-state index < -0.39 is 0 Å². The second-order valence-electron chi connectivity index (χ2n) is 3.76. The molecule has 0 saturated carbocycles. The molecular formula is C13H15N3OS. The first-order chi connectivity index (χ1) is 8.79. The molecule has 18 heavy (non-hydrogen) atoms. The van der Waals surface area contributed by atoms with Crippen molar-refractivity contribution in [3.8, 4) is 0 Å². The van der Waals surface area contributed by atoms with Crippen LogP contribution >= 0.6 is 11.3 Å². The summed E-state index contributed by atoms with van der Waals surface area (Å²) in [4.78, 5) is 18.9. The van der Waals surface area contributed by atoms with Gasteiger partial charge in [-0.2, -0.15) is 0 Å². The van der Waals surface area contributed by atoms with Crippen LogP contribution in [-0.4, -0.2) is 22.5 Å². The van der Waals surface area contributed by atoms with E-state index in [1.54, 1.807) is 40.8 Å². The Balaban J connectivity index is 1.98. The summed E-state index contributed by atoms with van der Waals surface area (Å²) in [6.45, 7) is 3.29. The first-order valence-corrected chi connectivity index (χ1v) is 6.66. The minimum atomic E-state index is -0.0860. The van der Waals surface area contributed by atoms with Crippen molar-refractivity contribution in [3.05, 3.63) is 46.9 Å². The first kappa shape index (κ1) is 12.6. The zero-order valence-electron chi connectivity index (χ0n) is 10.2. The third kappa shape index (κ3) is 3.30. The maximum atomic E-state index is 12.1. The largest absolute Gasteiger partial charge is 0.322 e. The Morgan fingerprint density at radius 2 is 2.17 bits per heavy atom. The summed E-state index contributed by atoms with van der Waals surface area (Å²) in [5.74, 6) is 0. The molecule has 94 valence electrons. The summed E-state index contributed by atoms with van der Waals surface area (Å²) >= 11 is 1.66. The lowest BCUT2D eigenvalue weighted by molar-refractivity contribution is 0.212. The van der Waals surface area contributed by atoms with E-state index in [4.69, 9.17) is 0 Å². The van der Waals surface area contributed by atoms with Gasteiger partial charge >= 0.3 is 6.03 Å². The molecule has 1 N–H and O–H groups in total. The van der Waals surface area contributed by atoms with E-state index in [0.717, 1.165) is 5.69 Å². The van der Waals surface area contributed by atoms with Crippen LogP contribution in [0.3, 0.4) is 0 Å². The molecule has 0 atom stereocenters. The molecule has 0 bridgehead atoms. The van der Waals surface area contributed by atoms with Gasteiger partial charge in [0.25, 0.3) is 0 Å². The van der Waals surface area contributed by atoms with Gasteiger partial charge in [0.15, 0.2) is 0 Å². The molecule has 0 unspecified atom stereocenters. The number of carbonyl (C=O) groups excluding carboxylic acids is 1. The topological polar surface area (TPSA) is 45.2 Å². The van der Waals surface area contributed by atoms with Crippen LogP contribution in [-0.2, 0) is 6.54 Å². The fourth-order valence-corrected chi connectivity index (χ4v) is 2.28. The van der Waals surface area contributed by atoms with Gasteiger partial charge < -0.3 is 10.2 Å². The van der Waals surface area contributed by atoms with Crippen molar-refractivity contribution < 1.29 is 4.79 Å². The number of nitrogens with zero attached hydrogens (tertiary/aromatic N) is 2. The second-order valence-corrected chi connectivity index (χ2v) is 4.79. The van der Waals surface area contributed by atoms with E-state index in [-0.39, 0.29) is 6.03 Å². The van der Waals surface area contributed by atoms with E-state index in [1.165, 1.54) is 4.88 Å². The third-order valence-corrected chi connectivity index (χ3v) is 3.39. The van der Waals surface area contributed by atoms with Crippen LogP contribution in [0.2, 0.25) is 0 Å². The molecule has 0 aliphatic carbocycles. The summed E-state index contributed by atoms with van der Waals surface area (Å²) in [5, 5.41) is 4.87. The lowest BCUT2D eigenvalue weighted by atomic mass is 10.4. The number of amides is 2. The van der Waals surface area contributed by atoms with Gasteiger partial charge in [0.2, 0.25) is 0 Å². The molecule has 2 amide bonds. The highest BCUT2D eigenvalue weighted by atomic mass is 32.1. The Bertz CT molecular complexity index is 484. The molecule has 4 nitrogen and oxygen atoms in total. The fraction of sp³-hybridized carbons (Fsp3) is 0.231. The number of pyridine rings is 1. The highest BCUT2D eigenvalue weighted by molar-refractivity contribution is 7.09. The van der Waals surface area contributed by atoms with Crippen LogP contribution < -0.4 is 5.32 Å².